The molecule has 152 valence electrons. The van der Waals surface area contributed by atoms with Gasteiger partial charge < -0.3 is 10.4 Å². The summed E-state index contributed by atoms with van der Waals surface area (Å²) in [7, 11) is 1.33. The first kappa shape index (κ1) is 21.3. The molecule has 0 unspecified atom stereocenters. The Labute approximate surface area is 179 Å². The van der Waals surface area contributed by atoms with Gasteiger partial charge in [-0.15, -0.1) is 0 Å². The number of halogens is 3. The summed E-state index contributed by atoms with van der Waals surface area (Å²) in [6.45, 7) is 5.54. The van der Waals surface area contributed by atoms with E-state index >= 15 is 4.39 Å². The molecule has 0 radical (unpaired) electrons. The molecule has 0 aliphatic carbocycles. The van der Waals surface area contributed by atoms with Gasteiger partial charge in [0, 0.05) is 18.6 Å². The van der Waals surface area contributed by atoms with Crippen molar-refractivity contribution in [2.75, 3.05) is 7.05 Å². The van der Waals surface area contributed by atoms with E-state index < -0.39 is 28.6 Å². The predicted molar refractivity (Wildman–Crippen MR) is 114 cm³/mol. The molecule has 1 amide bonds. The molecule has 0 atom stereocenters. The number of hydrogen-bond donors (Lipinski definition) is 2. The summed E-state index contributed by atoms with van der Waals surface area (Å²) >= 11 is 9.17. The highest BCUT2D eigenvalue weighted by atomic mass is 79.9. The van der Waals surface area contributed by atoms with Gasteiger partial charge in [0.05, 0.1) is 26.4 Å². The Morgan fingerprint density at radius 1 is 1.41 bits per heavy atom. The third kappa shape index (κ3) is 3.30. The zero-order valence-electron chi connectivity index (χ0n) is 16.1. The number of aromatic nitrogens is 2. The van der Waals surface area contributed by atoms with Crippen LogP contribution in [0.3, 0.4) is 0 Å². The van der Waals surface area contributed by atoms with Gasteiger partial charge in [-0.25, -0.2) is 4.39 Å². The van der Waals surface area contributed by atoms with Gasteiger partial charge in [0.15, 0.2) is 5.82 Å². The van der Waals surface area contributed by atoms with Crippen molar-refractivity contribution in [2.24, 2.45) is 0 Å². The molecule has 0 aliphatic heterocycles. The number of nitrogens with one attached hydrogen (secondary N) is 1. The standard InChI is InChI=1S/C20H18BrClFN3O3/c1-8(2)15-16(9(3)5-6-25-15)26-17-10(7-11(22)13(21)14(17)23)18(27)12(20(26)29)19(28)24-4/h5-8,27H,1-4H3,(H,24,28). The zero-order valence-corrected chi connectivity index (χ0v) is 18.4. The van der Waals surface area contributed by atoms with Crippen molar-refractivity contribution in [3.05, 3.63) is 60.8 Å². The normalized spacial score (nSPS) is 11.3. The number of aromatic hydroxyl groups is 1. The van der Waals surface area contributed by atoms with Crippen LogP contribution >= 0.6 is 27.5 Å². The predicted octanol–water partition coefficient (Wildman–Crippen LogP) is 4.44. The number of aryl methyl sites for hydroxylation is 1. The fourth-order valence-corrected chi connectivity index (χ4v) is 3.76. The number of fused-ring (bicyclic) bond motifs is 1. The summed E-state index contributed by atoms with van der Waals surface area (Å²) < 4.78 is 16.4. The van der Waals surface area contributed by atoms with Crippen molar-refractivity contribution in [1.29, 1.82) is 0 Å². The molecule has 0 aliphatic rings. The van der Waals surface area contributed by atoms with Crippen LogP contribution in [0, 0.1) is 12.7 Å². The van der Waals surface area contributed by atoms with Crippen LogP contribution in [-0.2, 0) is 0 Å². The van der Waals surface area contributed by atoms with Gasteiger partial charge in [-0.1, -0.05) is 25.4 Å². The number of hydrogen-bond acceptors (Lipinski definition) is 4. The molecule has 0 spiro atoms. The minimum Gasteiger partial charge on any atom is -0.506 e. The molecule has 2 heterocycles. The van der Waals surface area contributed by atoms with Crippen molar-refractivity contribution < 1.29 is 14.3 Å². The van der Waals surface area contributed by atoms with E-state index in [-0.39, 0.29) is 26.3 Å². The second-order valence-corrected chi connectivity index (χ2v) is 8.04. The fourth-order valence-electron chi connectivity index (χ4n) is 3.26. The van der Waals surface area contributed by atoms with Gasteiger partial charge in [-0.3, -0.25) is 19.1 Å². The quantitative estimate of drug-likeness (QED) is 0.541. The number of benzene rings is 1. The van der Waals surface area contributed by atoms with E-state index in [1.54, 1.807) is 19.2 Å². The molecule has 6 nitrogen and oxygen atoms in total. The van der Waals surface area contributed by atoms with Crippen molar-refractivity contribution in [1.82, 2.24) is 14.9 Å². The monoisotopic (exact) mass is 481 g/mol. The SMILES string of the molecule is CNC(=O)c1c(O)c2cc(Cl)c(Br)c(F)c2n(-c2c(C)ccnc2C(C)C)c1=O. The molecule has 3 aromatic rings. The van der Waals surface area contributed by atoms with Crippen LogP contribution in [-0.4, -0.2) is 27.6 Å². The average Bonchev–Trinajstić information content (AvgIpc) is 2.67. The van der Waals surface area contributed by atoms with E-state index in [2.05, 4.69) is 26.2 Å². The Hall–Kier alpha value is -2.45. The van der Waals surface area contributed by atoms with Crippen LogP contribution in [0.25, 0.3) is 16.6 Å². The molecule has 3 rings (SSSR count). The maximum atomic E-state index is 15.3. The van der Waals surface area contributed by atoms with Crippen LogP contribution < -0.4 is 10.9 Å². The number of amides is 1. The van der Waals surface area contributed by atoms with E-state index in [0.29, 0.717) is 16.9 Å². The molecule has 0 fully saturated rings. The zero-order chi connectivity index (χ0) is 21.6. The molecular formula is C20H18BrClFN3O3. The summed E-state index contributed by atoms with van der Waals surface area (Å²) in [5.41, 5.74) is -0.0000351. The van der Waals surface area contributed by atoms with E-state index in [1.165, 1.54) is 13.1 Å². The molecule has 0 saturated carbocycles. The van der Waals surface area contributed by atoms with Gasteiger partial charge in [0.2, 0.25) is 0 Å². The summed E-state index contributed by atoms with van der Waals surface area (Å²) in [4.78, 5) is 30.1. The topological polar surface area (TPSA) is 84.2 Å². The summed E-state index contributed by atoms with van der Waals surface area (Å²) in [5, 5.41) is 12.9. The Kier molecular flexibility index (Phi) is 5.69. The maximum Gasteiger partial charge on any atom is 0.272 e. The van der Waals surface area contributed by atoms with Crippen molar-refractivity contribution in [3.63, 3.8) is 0 Å². The number of nitrogens with zero attached hydrogens (tertiary/aromatic N) is 2. The van der Waals surface area contributed by atoms with Crippen molar-refractivity contribution >= 4 is 44.3 Å². The first-order chi connectivity index (χ1) is 13.6. The second kappa shape index (κ2) is 7.76. The lowest BCUT2D eigenvalue weighted by Gasteiger charge is -2.21. The van der Waals surface area contributed by atoms with Crippen molar-refractivity contribution in [3.8, 4) is 11.4 Å². The average molecular weight is 483 g/mol. The molecular weight excluding hydrogens is 465 g/mol. The van der Waals surface area contributed by atoms with E-state index in [4.69, 9.17) is 11.6 Å². The van der Waals surface area contributed by atoms with Crippen LogP contribution in [0.2, 0.25) is 5.02 Å². The fraction of sp³-hybridized carbons (Fsp3) is 0.250. The highest BCUT2D eigenvalue weighted by molar-refractivity contribution is 9.10. The van der Waals surface area contributed by atoms with Crippen molar-refractivity contribution in [2.45, 2.75) is 26.7 Å². The number of pyridine rings is 2. The third-order valence-corrected chi connectivity index (χ3v) is 5.95. The van der Waals surface area contributed by atoms with E-state index in [9.17, 15) is 14.7 Å². The maximum absolute atomic E-state index is 15.3. The molecule has 2 N–H and O–H groups in total. The largest absolute Gasteiger partial charge is 0.506 e. The first-order valence-corrected chi connectivity index (χ1v) is 9.92. The van der Waals surface area contributed by atoms with Gasteiger partial charge >= 0.3 is 0 Å². The Bertz CT molecular complexity index is 1220. The minimum atomic E-state index is -0.861. The lowest BCUT2D eigenvalue weighted by atomic mass is 10.0. The van der Waals surface area contributed by atoms with Crippen LogP contribution in [0.5, 0.6) is 5.75 Å². The van der Waals surface area contributed by atoms with Crippen LogP contribution in [0.4, 0.5) is 4.39 Å². The molecule has 1 aromatic carbocycles. The van der Waals surface area contributed by atoms with Crippen LogP contribution in [0.1, 0.15) is 41.4 Å². The third-order valence-electron chi connectivity index (χ3n) is 4.65. The van der Waals surface area contributed by atoms with E-state index in [1.807, 2.05) is 13.8 Å². The van der Waals surface area contributed by atoms with Gasteiger partial charge in [0.1, 0.15) is 11.3 Å². The molecule has 0 bridgehead atoms. The van der Waals surface area contributed by atoms with E-state index in [0.717, 1.165) is 4.57 Å². The number of rotatable bonds is 3. The summed E-state index contributed by atoms with van der Waals surface area (Å²) in [5.74, 6) is -2.36. The van der Waals surface area contributed by atoms with Crippen LogP contribution in [0.15, 0.2) is 27.6 Å². The van der Waals surface area contributed by atoms with Gasteiger partial charge in [-0.2, -0.15) is 0 Å². The lowest BCUT2D eigenvalue weighted by Crippen LogP contribution is -2.32. The number of carbonyl (C=O) groups is 1. The second-order valence-electron chi connectivity index (χ2n) is 6.84. The smallest absolute Gasteiger partial charge is 0.272 e. The highest BCUT2D eigenvalue weighted by Crippen LogP contribution is 2.38. The molecule has 29 heavy (non-hydrogen) atoms. The molecule has 9 heteroatoms. The first-order valence-electron chi connectivity index (χ1n) is 8.74. The summed E-state index contributed by atoms with van der Waals surface area (Å²) in [6, 6.07) is 3.00. The van der Waals surface area contributed by atoms with Gasteiger partial charge in [0.25, 0.3) is 11.5 Å². The number of carbonyl (C=O) groups excluding carboxylic acids is 1. The Morgan fingerprint density at radius 2 is 2.07 bits per heavy atom. The Morgan fingerprint density at radius 3 is 2.66 bits per heavy atom. The molecule has 2 aromatic heterocycles. The Balaban J connectivity index is 2.70. The highest BCUT2D eigenvalue weighted by Gasteiger charge is 2.28. The lowest BCUT2D eigenvalue weighted by molar-refractivity contribution is 0.0959. The minimum absolute atomic E-state index is 0.00894. The molecule has 0 saturated heterocycles. The van der Waals surface area contributed by atoms with Gasteiger partial charge in [-0.05, 0) is 46.5 Å². The summed E-state index contributed by atoms with van der Waals surface area (Å²) in [6.07, 6.45) is 1.60.